The molecule has 152 valence electrons. The number of halogens is 2. The molecule has 0 aliphatic carbocycles. The Morgan fingerprint density at radius 3 is 2.48 bits per heavy atom. The van der Waals surface area contributed by atoms with E-state index >= 15 is 0 Å². The van der Waals surface area contributed by atoms with Crippen LogP contribution in [0.4, 0.5) is 25.0 Å². The summed E-state index contributed by atoms with van der Waals surface area (Å²) in [6, 6.07) is 8.30. The first-order valence-electron chi connectivity index (χ1n) is 9.48. The summed E-state index contributed by atoms with van der Waals surface area (Å²) >= 11 is 0. The molecule has 2 aliphatic heterocycles. The first-order chi connectivity index (χ1) is 13.8. The molecular formula is C21H22F2N4O2. The number of ketones is 1. The summed E-state index contributed by atoms with van der Waals surface area (Å²) in [5.74, 6) is -1.12. The molecule has 6 nitrogen and oxygen atoms in total. The minimum Gasteiger partial charge on any atom is -0.396 e. The summed E-state index contributed by atoms with van der Waals surface area (Å²) in [6.45, 7) is 1.18. The Balaban J connectivity index is 1.75. The Kier molecular flexibility index (Phi) is 4.64. The highest BCUT2D eigenvalue weighted by Gasteiger charge is 2.46. The van der Waals surface area contributed by atoms with Crippen LogP contribution >= 0.6 is 0 Å². The third-order valence-electron chi connectivity index (χ3n) is 6.02. The monoisotopic (exact) mass is 400 g/mol. The van der Waals surface area contributed by atoms with Crippen LogP contribution in [-0.2, 0) is 6.54 Å². The normalized spacial score (nSPS) is 18.1. The Labute approximate surface area is 167 Å². The van der Waals surface area contributed by atoms with Gasteiger partial charge in [-0.25, -0.2) is 13.6 Å². The molecule has 2 amide bonds. The van der Waals surface area contributed by atoms with Crippen LogP contribution < -0.4 is 16.4 Å². The van der Waals surface area contributed by atoms with Crippen molar-refractivity contribution >= 4 is 23.2 Å². The molecule has 0 bridgehead atoms. The van der Waals surface area contributed by atoms with Crippen molar-refractivity contribution in [3.63, 3.8) is 0 Å². The smallest absolute Gasteiger partial charge is 0.314 e. The number of amides is 2. The fraction of sp³-hybridized carbons (Fsp3) is 0.333. The summed E-state index contributed by atoms with van der Waals surface area (Å²) < 4.78 is 27.8. The number of primary amides is 1. The predicted octanol–water partition coefficient (Wildman–Crippen LogP) is 3.05. The lowest BCUT2D eigenvalue weighted by Gasteiger charge is -2.52. The summed E-state index contributed by atoms with van der Waals surface area (Å²) in [5, 5.41) is 0. The molecule has 1 spiro atoms. The number of rotatable bonds is 2. The largest absolute Gasteiger partial charge is 0.396 e. The van der Waals surface area contributed by atoms with Gasteiger partial charge in [0.05, 0.1) is 11.2 Å². The SMILES string of the molecule is NC(=O)N1CCC2(CC1)CC(=O)c1cc(F)ccc1N2Cc1ccc(N)c(F)c1. The van der Waals surface area contributed by atoms with Gasteiger partial charge in [-0.3, -0.25) is 4.79 Å². The van der Waals surface area contributed by atoms with Gasteiger partial charge in [-0.15, -0.1) is 0 Å². The van der Waals surface area contributed by atoms with Crippen molar-refractivity contribution in [2.45, 2.75) is 31.3 Å². The Morgan fingerprint density at radius 1 is 1.10 bits per heavy atom. The highest BCUT2D eigenvalue weighted by molar-refractivity contribution is 6.04. The van der Waals surface area contributed by atoms with Crippen LogP contribution in [0.15, 0.2) is 36.4 Å². The quantitative estimate of drug-likeness (QED) is 0.758. The van der Waals surface area contributed by atoms with Crippen molar-refractivity contribution in [1.29, 1.82) is 0 Å². The van der Waals surface area contributed by atoms with Crippen LogP contribution in [0.5, 0.6) is 0 Å². The summed E-state index contributed by atoms with van der Waals surface area (Å²) in [5.41, 5.74) is 12.1. The molecule has 0 radical (unpaired) electrons. The van der Waals surface area contributed by atoms with Gasteiger partial charge in [-0.05, 0) is 48.7 Å². The summed E-state index contributed by atoms with van der Waals surface area (Å²) in [7, 11) is 0. The third-order valence-corrected chi connectivity index (χ3v) is 6.02. The van der Waals surface area contributed by atoms with Gasteiger partial charge in [0.25, 0.3) is 0 Å². The third kappa shape index (κ3) is 3.39. The topological polar surface area (TPSA) is 92.7 Å². The van der Waals surface area contributed by atoms with Crippen molar-refractivity contribution in [3.05, 3.63) is 59.2 Å². The van der Waals surface area contributed by atoms with E-state index in [0.717, 1.165) is 0 Å². The molecule has 2 aliphatic rings. The molecule has 0 atom stereocenters. The molecule has 2 heterocycles. The van der Waals surface area contributed by atoms with E-state index < -0.39 is 23.2 Å². The maximum atomic E-state index is 14.0. The van der Waals surface area contributed by atoms with Crippen molar-refractivity contribution < 1.29 is 18.4 Å². The van der Waals surface area contributed by atoms with Crippen molar-refractivity contribution in [3.8, 4) is 0 Å². The number of fused-ring (bicyclic) bond motifs is 1. The van der Waals surface area contributed by atoms with Crippen molar-refractivity contribution in [2.75, 3.05) is 23.7 Å². The van der Waals surface area contributed by atoms with Crippen molar-refractivity contribution in [2.24, 2.45) is 5.73 Å². The lowest BCUT2D eigenvalue weighted by atomic mass is 9.76. The zero-order chi connectivity index (χ0) is 20.8. The van der Waals surface area contributed by atoms with E-state index in [4.69, 9.17) is 11.5 Å². The Hall–Kier alpha value is -3.16. The van der Waals surface area contributed by atoms with Gasteiger partial charge < -0.3 is 21.3 Å². The van der Waals surface area contributed by atoms with Crippen molar-refractivity contribution in [1.82, 2.24) is 4.90 Å². The van der Waals surface area contributed by atoms with Gasteiger partial charge in [-0.2, -0.15) is 0 Å². The highest BCUT2D eigenvalue weighted by Crippen LogP contribution is 2.44. The predicted molar refractivity (Wildman–Crippen MR) is 105 cm³/mol. The van der Waals surface area contributed by atoms with E-state index in [1.807, 2.05) is 4.90 Å². The molecule has 2 aromatic carbocycles. The molecule has 8 heteroatoms. The summed E-state index contributed by atoms with van der Waals surface area (Å²) in [6.07, 6.45) is 1.28. The second-order valence-electron chi connectivity index (χ2n) is 7.75. The standard InChI is InChI=1S/C21H22F2N4O2/c22-14-2-4-18-15(10-14)19(28)11-21(5-7-26(8-6-21)20(25)29)27(18)12-13-1-3-17(24)16(23)9-13/h1-4,9-10H,5-8,11-12,24H2,(H2,25,29). The zero-order valence-corrected chi connectivity index (χ0v) is 15.8. The van der Waals surface area contributed by atoms with Crippen LogP contribution in [-0.4, -0.2) is 35.3 Å². The number of nitrogen functional groups attached to an aromatic ring is 1. The molecule has 2 aromatic rings. The van der Waals surface area contributed by atoms with E-state index in [9.17, 15) is 18.4 Å². The lowest BCUT2D eigenvalue weighted by Crippen LogP contribution is -2.59. The molecule has 4 N–H and O–H groups in total. The molecule has 0 unspecified atom stereocenters. The number of hydrogen-bond donors (Lipinski definition) is 2. The molecule has 1 saturated heterocycles. The number of hydrogen-bond acceptors (Lipinski definition) is 4. The van der Waals surface area contributed by atoms with Gasteiger partial charge in [0.15, 0.2) is 5.78 Å². The van der Waals surface area contributed by atoms with Crippen LogP contribution in [0.1, 0.15) is 35.2 Å². The fourth-order valence-electron chi connectivity index (χ4n) is 4.41. The van der Waals surface area contributed by atoms with E-state index in [2.05, 4.69) is 0 Å². The zero-order valence-electron chi connectivity index (χ0n) is 15.8. The van der Waals surface area contributed by atoms with Gasteiger partial charge in [0.1, 0.15) is 11.6 Å². The number of urea groups is 1. The number of likely N-dealkylation sites (tertiary alicyclic amines) is 1. The second kappa shape index (κ2) is 7.02. The molecular weight excluding hydrogens is 378 g/mol. The Morgan fingerprint density at radius 2 is 1.83 bits per heavy atom. The van der Waals surface area contributed by atoms with Crippen LogP contribution in [0.25, 0.3) is 0 Å². The minimum absolute atomic E-state index is 0.0644. The maximum absolute atomic E-state index is 14.0. The molecule has 29 heavy (non-hydrogen) atoms. The maximum Gasteiger partial charge on any atom is 0.314 e. The number of nitrogens with two attached hydrogens (primary N) is 2. The van der Waals surface area contributed by atoms with Crippen LogP contribution in [0, 0.1) is 11.6 Å². The number of piperidine rings is 1. The Bertz CT molecular complexity index is 987. The first-order valence-corrected chi connectivity index (χ1v) is 9.48. The molecule has 4 rings (SSSR count). The number of carbonyl (C=O) groups excluding carboxylic acids is 2. The number of anilines is 2. The number of carbonyl (C=O) groups is 2. The average Bonchev–Trinajstić information content (AvgIpc) is 2.68. The van der Waals surface area contributed by atoms with E-state index in [1.54, 1.807) is 17.0 Å². The number of benzene rings is 2. The second-order valence-corrected chi connectivity index (χ2v) is 7.75. The molecule has 0 aromatic heterocycles. The van der Waals surface area contributed by atoms with E-state index in [-0.39, 0.29) is 17.9 Å². The van der Waals surface area contributed by atoms with Crippen LogP contribution in [0.2, 0.25) is 0 Å². The minimum atomic E-state index is -0.550. The number of nitrogens with zero attached hydrogens (tertiary/aromatic N) is 2. The van der Waals surface area contributed by atoms with Gasteiger partial charge in [0.2, 0.25) is 0 Å². The fourth-order valence-corrected chi connectivity index (χ4v) is 4.41. The highest BCUT2D eigenvalue weighted by atomic mass is 19.1. The summed E-state index contributed by atoms with van der Waals surface area (Å²) in [4.78, 5) is 28.0. The van der Waals surface area contributed by atoms with E-state index in [0.29, 0.717) is 49.3 Å². The molecule has 1 fully saturated rings. The van der Waals surface area contributed by atoms with Crippen LogP contribution in [0.3, 0.4) is 0 Å². The number of Topliss-reactive ketones (excluding diaryl/α,β-unsaturated/α-hetero) is 1. The van der Waals surface area contributed by atoms with Gasteiger partial charge in [0, 0.05) is 37.3 Å². The van der Waals surface area contributed by atoms with E-state index in [1.165, 1.54) is 24.3 Å². The average molecular weight is 400 g/mol. The first kappa shape index (κ1) is 19.2. The lowest BCUT2D eigenvalue weighted by molar-refractivity contribution is 0.0885. The molecule has 0 saturated carbocycles. The van der Waals surface area contributed by atoms with Gasteiger partial charge >= 0.3 is 6.03 Å². The van der Waals surface area contributed by atoms with Gasteiger partial charge in [-0.1, -0.05) is 6.07 Å².